The Bertz CT molecular complexity index is 657. The fourth-order valence-corrected chi connectivity index (χ4v) is 2.51. The number of carbonyl (C=O) groups excluding carboxylic acids is 1. The number of para-hydroxylation sites is 1. The summed E-state index contributed by atoms with van der Waals surface area (Å²) in [6, 6.07) is 13.0. The second-order valence-electron chi connectivity index (χ2n) is 4.31. The Morgan fingerprint density at radius 3 is 2.85 bits per heavy atom. The third-order valence-corrected chi connectivity index (χ3v) is 3.73. The van der Waals surface area contributed by atoms with Crippen LogP contribution < -0.4 is 14.8 Å². The molecule has 0 aliphatic carbocycles. The van der Waals surface area contributed by atoms with Crippen LogP contribution in [0.25, 0.3) is 0 Å². The van der Waals surface area contributed by atoms with Crippen LogP contribution in [-0.4, -0.2) is 12.7 Å². The Hall–Kier alpha value is -2.01. The summed E-state index contributed by atoms with van der Waals surface area (Å²) in [7, 11) is 0. The molecule has 0 saturated heterocycles. The first-order valence-corrected chi connectivity index (χ1v) is 6.95. The van der Waals surface area contributed by atoms with Gasteiger partial charge in [0.25, 0.3) is 5.91 Å². The highest BCUT2D eigenvalue weighted by molar-refractivity contribution is 9.10. The van der Waals surface area contributed by atoms with Crippen LogP contribution in [0.2, 0.25) is 0 Å². The number of hydrogen-bond donors (Lipinski definition) is 1. The third kappa shape index (κ3) is 2.49. The second-order valence-corrected chi connectivity index (χ2v) is 5.17. The predicted octanol–water partition coefficient (Wildman–Crippen LogP) is 3.11. The molecule has 4 nitrogen and oxygen atoms in total. The summed E-state index contributed by atoms with van der Waals surface area (Å²) in [5, 5.41) is 2.88. The van der Waals surface area contributed by atoms with Crippen molar-refractivity contribution < 1.29 is 14.3 Å². The fourth-order valence-electron chi connectivity index (χ4n) is 2.05. The molecule has 102 valence electrons. The summed E-state index contributed by atoms with van der Waals surface area (Å²) >= 11 is 3.37. The van der Waals surface area contributed by atoms with Crippen molar-refractivity contribution in [3.05, 3.63) is 58.1 Å². The van der Waals surface area contributed by atoms with E-state index in [0.29, 0.717) is 17.9 Å². The van der Waals surface area contributed by atoms with E-state index in [0.717, 1.165) is 15.8 Å². The van der Waals surface area contributed by atoms with E-state index in [1.165, 1.54) is 0 Å². The largest absolute Gasteiger partial charge is 0.454 e. The molecule has 1 aliphatic heterocycles. The van der Waals surface area contributed by atoms with E-state index >= 15 is 0 Å². The molecule has 0 bridgehead atoms. The van der Waals surface area contributed by atoms with Crippen molar-refractivity contribution in [2.45, 2.75) is 6.54 Å². The summed E-state index contributed by atoms with van der Waals surface area (Å²) in [4.78, 5) is 12.1. The van der Waals surface area contributed by atoms with Gasteiger partial charge in [0.15, 0.2) is 11.5 Å². The monoisotopic (exact) mass is 333 g/mol. The molecular weight excluding hydrogens is 322 g/mol. The molecule has 0 spiro atoms. The number of ether oxygens (including phenoxy) is 2. The van der Waals surface area contributed by atoms with Crippen LogP contribution in [0.1, 0.15) is 15.9 Å². The minimum Gasteiger partial charge on any atom is -0.454 e. The smallest absolute Gasteiger partial charge is 0.252 e. The molecule has 2 aromatic carbocycles. The third-order valence-electron chi connectivity index (χ3n) is 3.04. The van der Waals surface area contributed by atoms with Crippen LogP contribution in [0.4, 0.5) is 0 Å². The number of rotatable bonds is 3. The molecule has 0 saturated carbocycles. The minimum atomic E-state index is -0.131. The predicted molar refractivity (Wildman–Crippen MR) is 77.9 cm³/mol. The second kappa shape index (κ2) is 5.54. The van der Waals surface area contributed by atoms with Crippen LogP contribution in [0.3, 0.4) is 0 Å². The normalized spacial score (nSPS) is 12.2. The van der Waals surface area contributed by atoms with Crippen molar-refractivity contribution >= 4 is 21.8 Å². The Kier molecular flexibility index (Phi) is 3.60. The lowest BCUT2D eigenvalue weighted by Gasteiger charge is -2.08. The summed E-state index contributed by atoms with van der Waals surface area (Å²) in [6.07, 6.45) is 0. The molecule has 3 rings (SSSR count). The molecular formula is C15H12BrNO3. The number of amides is 1. The van der Waals surface area contributed by atoms with Gasteiger partial charge in [-0.25, -0.2) is 0 Å². The quantitative estimate of drug-likeness (QED) is 0.938. The van der Waals surface area contributed by atoms with E-state index in [1.54, 1.807) is 6.07 Å². The highest BCUT2D eigenvalue weighted by atomic mass is 79.9. The van der Waals surface area contributed by atoms with Gasteiger partial charge < -0.3 is 14.8 Å². The van der Waals surface area contributed by atoms with Crippen molar-refractivity contribution in [1.29, 1.82) is 0 Å². The molecule has 0 aromatic heterocycles. The average Bonchev–Trinajstić information content (AvgIpc) is 2.94. The van der Waals surface area contributed by atoms with Crippen molar-refractivity contribution in [3.8, 4) is 11.5 Å². The molecule has 0 unspecified atom stereocenters. The molecule has 1 heterocycles. The van der Waals surface area contributed by atoms with Crippen LogP contribution >= 0.6 is 15.9 Å². The molecule has 20 heavy (non-hydrogen) atoms. The fraction of sp³-hybridized carbons (Fsp3) is 0.133. The van der Waals surface area contributed by atoms with Gasteiger partial charge in [-0.05, 0) is 34.1 Å². The topological polar surface area (TPSA) is 47.6 Å². The summed E-state index contributed by atoms with van der Waals surface area (Å²) in [5.41, 5.74) is 1.51. The maximum absolute atomic E-state index is 12.1. The van der Waals surface area contributed by atoms with Crippen molar-refractivity contribution in [3.63, 3.8) is 0 Å². The van der Waals surface area contributed by atoms with Crippen molar-refractivity contribution in [1.82, 2.24) is 5.32 Å². The average molecular weight is 334 g/mol. The van der Waals surface area contributed by atoms with Crippen LogP contribution in [0.15, 0.2) is 46.9 Å². The van der Waals surface area contributed by atoms with Gasteiger partial charge in [-0.2, -0.15) is 0 Å². The first kappa shape index (κ1) is 13.0. The Morgan fingerprint density at radius 1 is 1.15 bits per heavy atom. The maximum Gasteiger partial charge on any atom is 0.252 e. The molecule has 1 amide bonds. The Morgan fingerprint density at radius 2 is 2.00 bits per heavy atom. The number of halogens is 1. The van der Waals surface area contributed by atoms with Gasteiger partial charge in [0.1, 0.15) is 0 Å². The van der Waals surface area contributed by atoms with Crippen molar-refractivity contribution in [2.24, 2.45) is 0 Å². The first-order valence-electron chi connectivity index (χ1n) is 6.16. The highest BCUT2D eigenvalue weighted by Crippen LogP contribution is 2.35. The zero-order valence-corrected chi connectivity index (χ0v) is 12.1. The Balaban J connectivity index is 1.73. The lowest BCUT2D eigenvalue weighted by Crippen LogP contribution is -2.23. The van der Waals surface area contributed by atoms with E-state index < -0.39 is 0 Å². The van der Waals surface area contributed by atoms with Crippen LogP contribution in [0, 0.1) is 0 Å². The maximum atomic E-state index is 12.1. The summed E-state index contributed by atoms with van der Waals surface area (Å²) in [6.45, 7) is 0.622. The zero-order valence-electron chi connectivity index (χ0n) is 10.6. The SMILES string of the molecule is O=C(NCc1cccc2c1OCO2)c1ccccc1Br. The van der Waals surface area contributed by atoms with E-state index in [9.17, 15) is 4.79 Å². The summed E-state index contributed by atoms with van der Waals surface area (Å²) in [5.74, 6) is 1.30. The lowest BCUT2D eigenvalue weighted by atomic mass is 10.1. The molecule has 0 fully saturated rings. The first-order chi connectivity index (χ1) is 9.75. The number of hydrogen-bond acceptors (Lipinski definition) is 3. The molecule has 0 radical (unpaired) electrons. The molecule has 5 heteroatoms. The van der Waals surface area contributed by atoms with E-state index in [1.807, 2.05) is 36.4 Å². The van der Waals surface area contributed by atoms with Gasteiger partial charge in [-0.3, -0.25) is 4.79 Å². The van der Waals surface area contributed by atoms with Gasteiger partial charge >= 0.3 is 0 Å². The van der Waals surface area contributed by atoms with Gasteiger partial charge in [0, 0.05) is 16.6 Å². The van der Waals surface area contributed by atoms with Gasteiger partial charge in [-0.15, -0.1) is 0 Å². The van der Waals surface area contributed by atoms with Crippen LogP contribution in [-0.2, 0) is 6.54 Å². The minimum absolute atomic E-state index is 0.131. The highest BCUT2D eigenvalue weighted by Gasteiger charge is 2.17. The zero-order chi connectivity index (χ0) is 13.9. The van der Waals surface area contributed by atoms with Crippen molar-refractivity contribution in [2.75, 3.05) is 6.79 Å². The number of carbonyl (C=O) groups is 1. The van der Waals surface area contributed by atoms with Gasteiger partial charge in [-0.1, -0.05) is 24.3 Å². The van der Waals surface area contributed by atoms with E-state index in [-0.39, 0.29) is 12.7 Å². The molecule has 1 N–H and O–H groups in total. The van der Waals surface area contributed by atoms with E-state index in [4.69, 9.17) is 9.47 Å². The number of nitrogens with one attached hydrogen (secondary N) is 1. The number of fused-ring (bicyclic) bond motifs is 1. The molecule has 2 aromatic rings. The molecule has 0 atom stereocenters. The van der Waals surface area contributed by atoms with Crippen LogP contribution in [0.5, 0.6) is 11.5 Å². The Labute approximate surface area is 124 Å². The molecule has 1 aliphatic rings. The van der Waals surface area contributed by atoms with Gasteiger partial charge in [0.2, 0.25) is 6.79 Å². The summed E-state index contributed by atoms with van der Waals surface area (Å²) < 4.78 is 11.5. The standard InChI is InChI=1S/C15H12BrNO3/c16-12-6-2-1-5-11(12)15(18)17-8-10-4-3-7-13-14(10)20-9-19-13/h1-7H,8-9H2,(H,17,18). The van der Waals surface area contributed by atoms with Gasteiger partial charge in [0.05, 0.1) is 5.56 Å². The van der Waals surface area contributed by atoms with E-state index in [2.05, 4.69) is 21.2 Å². The lowest BCUT2D eigenvalue weighted by molar-refractivity contribution is 0.0950. The number of benzene rings is 2.